The number of Topliss-reactive ketones (excluding diaryl/α,β-unsaturated/α-hetero) is 1. The highest BCUT2D eigenvalue weighted by Crippen LogP contribution is 2.37. The highest BCUT2D eigenvalue weighted by molar-refractivity contribution is 9.10. The summed E-state index contributed by atoms with van der Waals surface area (Å²) < 4.78 is 10.9. The Balaban J connectivity index is 2.59. The summed E-state index contributed by atoms with van der Waals surface area (Å²) in [6, 6.07) is 10.9. The van der Waals surface area contributed by atoms with Gasteiger partial charge in [0.05, 0.1) is 19.0 Å². The van der Waals surface area contributed by atoms with Crippen LogP contribution in [0.1, 0.15) is 76.8 Å². The maximum atomic E-state index is 13.9. The van der Waals surface area contributed by atoms with Gasteiger partial charge in [-0.2, -0.15) is 0 Å². The molecule has 0 aliphatic rings. The average Bonchev–Trinajstić information content (AvgIpc) is 2.88. The number of halogens is 1. The summed E-state index contributed by atoms with van der Waals surface area (Å²) in [6.07, 6.45) is 6.75. The van der Waals surface area contributed by atoms with Crippen molar-refractivity contribution in [3.8, 4) is 17.2 Å². The van der Waals surface area contributed by atoms with Gasteiger partial charge in [-0.3, -0.25) is 14.5 Å². The van der Waals surface area contributed by atoms with Crippen LogP contribution in [0, 0.1) is 0 Å². The first-order valence-electron chi connectivity index (χ1n) is 12.4. The van der Waals surface area contributed by atoms with Crippen LogP contribution >= 0.6 is 15.9 Å². The first-order chi connectivity index (χ1) is 16.9. The fourth-order valence-corrected chi connectivity index (χ4v) is 4.58. The molecule has 0 heterocycles. The minimum absolute atomic E-state index is 0.0369. The Morgan fingerprint density at radius 2 is 1.57 bits per heavy atom. The van der Waals surface area contributed by atoms with E-state index in [1.807, 2.05) is 0 Å². The number of amides is 1. The predicted octanol–water partition coefficient (Wildman–Crippen LogP) is 6.98. The van der Waals surface area contributed by atoms with Gasteiger partial charge in [0.2, 0.25) is 5.91 Å². The lowest BCUT2D eigenvalue weighted by Gasteiger charge is -2.33. The van der Waals surface area contributed by atoms with Crippen molar-refractivity contribution >= 4 is 33.3 Å². The van der Waals surface area contributed by atoms with Gasteiger partial charge in [-0.1, -0.05) is 74.0 Å². The third-order valence-corrected chi connectivity index (χ3v) is 6.86. The Bertz CT molecular complexity index is 947. The number of nitrogens with zero attached hydrogens (tertiary/aromatic N) is 1. The summed E-state index contributed by atoms with van der Waals surface area (Å²) in [6.45, 7) is 4.21. The molecule has 6 nitrogen and oxygen atoms in total. The van der Waals surface area contributed by atoms with E-state index in [-0.39, 0.29) is 17.4 Å². The van der Waals surface area contributed by atoms with E-state index in [1.54, 1.807) is 61.6 Å². The Labute approximate surface area is 217 Å². The minimum Gasteiger partial charge on any atom is -0.508 e. The van der Waals surface area contributed by atoms with Crippen molar-refractivity contribution in [1.29, 1.82) is 0 Å². The van der Waals surface area contributed by atoms with Crippen molar-refractivity contribution < 1.29 is 24.2 Å². The molecule has 0 saturated heterocycles. The number of ketones is 1. The number of carbonyl (C=O) groups is 2. The van der Waals surface area contributed by atoms with Crippen LogP contribution in [-0.2, 0) is 9.59 Å². The molecule has 1 amide bonds. The van der Waals surface area contributed by atoms with Gasteiger partial charge in [-0.05, 0) is 42.7 Å². The number of ether oxygens (including phenoxy) is 2. The van der Waals surface area contributed by atoms with Gasteiger partial charge in [0.15, 0.2) is 17.3 Å². The molecule has 2 unspecified atom stereocenters. The molecule has 0 fully saturated rings. The fraction of sp³-hybridized carbons (Fsp3) is 0.500. The van der Waals surface area contributed by atoms with Crippen LogP contribution < -0.4 is 14.4 Å². The van der Waals surface area contributed by atoms with Crippen LogP contribution in [0.4, 0.5) is 5.69 Å². The van der Waals surface area contributed by atoms with Crippen molar-refractivity contribution in [2.24, 2.45) is 0 Å². The zero-order valence-corrected chi connectivity index (χ0v) is 22.8. The molecule has 0 bridgehead atoms. The number of alkyl halides is 1. The van der Waals surface area contributed by atoms with Crippen LogP contribution in [0.3, 0.4) is 0 Å². The second-order valence-electron chi connectivity index (χ2n) is 8.63. The number of rotatable bonds is 15. The van der Waals surface area contributed by atoms with Gasteiger partial charge in [-0.25, -0.2) is 0 Å². The molecule has 1 N–H and O–H groups in total. The van der Waals surface area contributed by atoms with Crippen molar-refractivity contribution in [2.75, 3.05) is 19.1 Å². The lowest BCUT2D eigenvalue weighted by molar-refractivity contribution is -0.125. The second-order valence-corrected chi connectivity index (χ2v) is 9.73. The fourth-order valence-electron chi connectivity index (χ4n) is 4.03. The summed E-state index contributed by atoms with van der Waals surface area (Å²) in [7, 11) is 3.09. The van der Waals surface area contributed by atoms with Gasteiger partial charge in [0.25, 0.3) is 0 Å². The Hall–Kier alpha value is -2.54. The van der Waals surface area contributed by atoms with Crippen molar-refractivity contribution in [1.82, 2.24) is 0 Å². The van der Waals surface area contributed by atoms with Crippen molar-refractivity contribution in [3.05, 3.63) is 48.0 Å². The number of hydrogen-bond acceptors (Lipinski definition) is 5. The molecule has 0 spiro atoms. The Kier molecular flexibility index (Phi) is 12.1. The molecule has 7 heteroatoms. The molecular weight excluding hydrogens is 510 g/mol. The van der Waals surface area contributed by atoms with Gasteiger partial charge >= 0.3 is 0 Å². The largest absolute Gasteiger partial charge is 0.508 e. The third kappa shape index (κ3) is 7.99. The Morgan fingerprint density at radius 3 is 2.17 bits per heavy atom. The number of aromatic hydroxyl groups is 1. The van der Waals surface area contributed by atoms with Gasteiger partial charge in [0.1, 0.15) is 11.8 Å². The van der Waals surface area contributed by atoms with E-state index in [0.29, 0.717) is 35.6 Å². The van der Waals surface area contributed by atoms with Gasteiger partial charge in [0, 0.05) is 18.2 Å². The SMILES string of the molecule is CCCCCCC(=O)C(c1ccc(O)cc1)N(C(=O)C(Br)CCCC)c1ccc(OC)c(OC)c1. The standard InChI is InChI=1S/C28H38BrNO5/c1-5-7-9-10-12-24(32)27(20-13-16-22(31)17-14-20)30(28(33)23(29)11-8-6-2)21-15-18-25(34-3)26(19-21)35-4/h13-19,23,27,31H,5-12H2,1-4H3. The minimum atomic E-state index is -0.829. The number of unbranched alkanes of at least 4 members (excludes halogenated alkanes) is 4. The molecule has 0 aliphatic heterocycles. The monoisotopic (exact) mass is 547 g/mol. The van der Waals surface area contributed by atoms with Crippen LogP contribution in [-0.4, -0.2) is 35.8 Å². The number of anilines is 1. The topological polar surface area (TPSA) is 76.1 Å². The molecular formula is C28H38BrNO5. The number of benzene rings is 2. The first kappa shape index (κ1) is 28.7. The smallest absolute Gasteiger partial charge is 0.241 e. The number of methoxy groups -OCH3 is 2. The molecule has 35 heavy (non-hydrogen) atoms. The van der Waals surface area contributed by atoms with E-state index in [4.69, 9.17) is 9.47 Å². The molecule has 2 atom stereocenters. The lowest BCUT2D eigenvalue weighted by atomic mass is 9.95. The van der Waals surface area contributed by atoms with Crippen LogP contribution in [0.25, 0.3) is 0 Å². The number of phenols is 1. The number of phenolic OH excluding ortho intramolecular Hbond substituents is 1. The van der Waals surface area contributed by atoms with E-state index in [9.17, 15) is 14.7 Å². The third-order valence-electron chi connectivity index (χ3n) is 6.01. The van der Waals surface area contributed by atoms with Crippen molar-refractivity contribution in [3.63, 3.8) is 0 Å². The predicted molar refractivity (Wildman–Crippen MR) is 144 cm³/mol. The van der Waals surface area contributed by atoms with Gasteiger partial charge in [-0.15, -0.1) is 0 Å². The molecule has 0 aromatic heterocycles. The first-order valence-corrected chi connectivity index (χ1v) is 13.3. The van der Waals surface area contributed by atoms with Crippen LogP contribution in [0.5, 0.6) is 17.2 Å². The second kappa shape index (κ2) is 14.8. The van der Waals surface area contributed by atoms with Crippen LogP contribution in [0.2, 0.25) is 0 Å². The highest BCUT2D eigenvalue weighted by atomic mass is 79.9. The van der Waals surface area contributed by atoms with Crippen LogP contribution in [0.15, 0.2) is 42.5 Å². The molecule has 0 saturated carbocycles. The molecule has 2 rings (SSSR count). The normalized spacial score (nSPS) is 12.6. The average molecular weight is 549 g/mol. The maximum Gasteiger partial charge on any atom is 0.241 e. The van der Waals surface area contributed by atoms with E-state index in [0.717, 1.165) is 38.5 Å². The van der Waals surface area contributed by atoms with E-state index in [2.05, 4.69) is 29.8 Å². The molecule has 2 aromatic rings. The number of carbonyl (C=O) groups excluding carboxylic acids is 2. The zero-order valence-electron chi connectivity index (χ0n) is 21.3. The summed E-state index contributed by atoms with van der Waals surface area (Å²) in [5.41, 5.74) is 1.20. The molecule has 192 valence electrons. The van der Waals surface area contributed by atoms with E-state index >= 15 is 0 Å². The highest BCUT2D eigenvalue weighted by Gasteiger charge is 2.35. The van der Waals surface area contributed by atoms with Gasteiger partial charge < -0.3 is 14.6 Å². The molecule has 0 aliphatic carbocycles. The Morgan fingerprint density at radius 1 is 0.914 bits per heavy atom. The van der Waals surface area contributed by atoms with E-state index in [1.165, 1.54) is 0 Å². The zero-order chi connectivity index (χ0) is 25.8. The summed E-state index contributed by atoms with van der Waals surface area (Å²) in [4.78, 5) is 28.7. The number of hydrogen-bond donors (Lipinski definition) is 1. The molecule has 2 aromatic carbocycles. The summed E-state index contributed by atoms with van der Waals surface area (Å²) in [5.74, 6) is 0.892. The quantitative estimate of drug-likeness (QED) is 0.192. The molecule has 0 radical (unpaired) electrons. The van der Waals surface area contributed by atoms with Crippen molar-refractivity contribution in [2.45, 2.75) is 76.1 Å². The lowest BCUT2D eigenvalue weighted by Crippen LogP contribution is -2.43. The summed E-state index contributed by atoms with van der Waals surface area (Å²) in [5, 5.41) is 9.85. The maximum absolute atomic E-state index is 13.9. The van der Waals surface area contributed by atoms with E-state index < -0.39 is 10.9 Å². The summed E-state index contributed by atoms with van der Waals surface area (Å²) >= 11 is 3.58.